The number of hydrogen-bond acceptors (Lipinski definition) is 8. The van der Waals surface area contributed by atoms with Crippen molar-refractivity contribution >= 4 is 16.9 Å². The van der Waals surface area contributed by atoms with Gasteiger partial charge in [0.25, 0.3) is 0 Å². The second kappa shape index (κ2) is 11.2. The van der Waals surface area contributed by atoms with Crippen LogP contribution in [0.25, 0.3) is 22.2 Å². The molecule has 5 rings (SSSR count). The topological polar surface area (TPSA) is 116 Å². The fraction of sp³-hybridized carbons (Fsp3) is 0.500. The summed E-state index contributed by atoms with van der Waals surface area (Å²) < 4.78 is 22.4. The van der Waals surface area contributed by atoms with Crippen LogP contribution in [-0.2, 0) is 11.3 Å². The number of benzene rings is 1. The number of pyridine rings is 1. The first kappa shape index (κ1) is 26.2. The third-order valence-electron chi connectivity index (χ3n) is 7.38. The van der Waals surface area contributed by atoms with Crippen LogP contribution in [0.5, 0.6) is 0 Å². The van der Waals surface area contributed by atoms with Gasteiger partial charge >= 0.3 is 0 Å². The van der Waals surface area contributed by atoms with Crippen molar-refractivity contribution in [2.24, 2.45) is 5.92 Å². The van der Waals surface area contributed by atoms with Crippen molar-refractivity contribution < 1.29 is 14.2 Å². The van der Waals surface area contributed by atoms with Crippen molar-refractivity contribution in [2.45, 2.75) is 57.8 Å². The minimum atomic E-state index is -0.705. The van der Waals surface area contributed by atoms with Gasteiger partial charge in [0.05, 0.1) is 42.5 Å². The van der Waals surface area contributed by atoms with Gasteiger partial charge in [-0.25, -0.2) is 14.4 Å². The molecule has 3 atom stereocenters. The highest BCUT2D eigenvalue weighted by Gasteiger charge is 2.25. The Labute approximate surface area is 220 Å². The first-order valence-corrected chi connectivity index (χ1v) is 13.2. The Hall–Kier alpha value is -3.39. The van der Waals surface area contributed by atoms with Crippen molar-refractivity contribution in [3.8, 4) is 17.3 Å². The molecule has 2 aliphatic rings. The highest BCUT2D eigenvalue weighted by atomic mass is 19.1. The molecule has 0 spiro atoms. The van der Waals surface area contributed by atoms with E-state index in [0.717, 1.165) is 31.3 Å². The van der Waals surface area contributed by atoms with Gasteiger partial charge in [-0.2, -0.15) is 5.26 Å². The number of fused-ring (bicyclic) bond motifs is 1. The third-order valence-corrected chi connectivity index (χ3v) is 7.38. The van der Waals surface area contributed by atoms with Crippen LogP contribution >= 0.6 is 0 Å². The number of aliphatic hydroxyl groups excluding tert-OH is 1. The Morgan fingerprint density at radius 3 is 2.92 bits per heavy atom. The second-order valence-corrected chi connectivity index (χ2v) is 10.5. The molecule has 2 aromatic heterocycles. The molecule has 1 aromatic carbocycles. The number of hydrogen-bond donors (Lipinski definition) is 2. The molecule has 38 heavy (non-hydrogen) atoms. The summed E-state index contributed by atoms with van der Waals surface area (Å²) in [6.07, 6.45) is 2.86. The standard InChI is InChI=1S/C28H33FN6O3/c1-17(2)35-20(15-34-8-3-4-18(12-30)14-34)11-25(36)21-6-5-19(10-24(21)35)27-22(29)13-31-28(33-27)32-23-7-9-38-16-26(23)37/h5-6,10-11,13,17-18,23,26,37H,3-4,7-9,14-16H2,1-2H3,(H,31,32,33)/t18-,23+,26+/m0/s1. The van der Waals surface area contributed by atoms with E-state index < -0.39 is 11.9 Å². The molecule has 0 radical (unpaired) electrons. The molecule has 10 heteroatoms. The first-order valence-electron chi connectivity index (χ1n) is 13.2. The van der Waals surface area contributed by atoms with E-state index in [1.165, 1.54) is 0 Å². The van der Waals surface area contributed by atoms with Gasteiger partial charge in [-0.15, -0.1) is 0 Å². The summed E-state index contributed by atoms with van der Waals surface area (Å²) in [7, 11) is 0. The minimum absolute atomic E-state index is 0.000763. The average molecular weight is 521 g/mol. The smallest absolute Gasteiger partial charge is 0.223 e. The van der Waals surface area contributed by atoms with Gasteiger partial charge < -0.3 is 19.7 Å². The van der Waals surface area contributed by atoms with Crippen LogP contribution in [0.4, 0.5) is 10.3 Å². The van der Waals surface area contributed by atoms with Gasteiger partial charge in [-0.3, -0.25) is 9.69 Å². The highest BCUT2D eigenvalue weighted by Crippen LogP contribution is 2.28. The van der Waals surface area contributed by atoms with Crippen LogP contribution in [0.15, 0.2) is 35.3 Å². The Balaban J connectivity index is 1.53. The first-order chi connectivity index (χ1) is 18.3. The predicted octanol–water partition coefficient (Wildman–Crippen LogP) is 3.48. The maximum atomic E-state index is 15.0. The normalized spacial score (nSPS) is 22.5. The van der Waals surface area contributed by atoms with E-state index in [9.17, 15) is 19.6 Å². The summed E-state index contributed by atoms with van der Waals surface area (Å²) in [6, 6.07) is 9.06. The Morgan fingerprint density at radius 1 is 1.32 bits per heavy atom. The second-order valence-electron chi connectivity index (χ2n) is 10.5. The van der Waals surface area contributed by atoms with E-state index in [2.05, 4.69) is 44.7 Å². The fourth-order valence-corrected chi connectivity index (χ4v) is 5.50. The van der Waals surface area contributed by atoms with Gasteiger partial charge in [-0.1, -0.05) is 6.07 Å². The van der Waals surface area contributed by atoms with Crippen molar-refractivity contribution in [1.29, 1.82) is 5.26 Å². The molecular formula is C28H33FN6O3. The maximum Gasteiger partial charge on any atom is 0.223 e. The number of rotatable bonds is 6. The van der Waals surface area contributed by atoms with Crippen molar-refractivity contribution in [1.82, 2.24) is 19.4 Å². The lowest BCUT2D eigenvalue weighted by Crippen LogP contribution is -2.42. The third kappa shape index (κ3) is 5.41. The monoisotopic (exact) mass is 520 g/mol. The molecule has 9 nitrogen and oxygen atoms in total. The number of aliphatic hydroxyl groups is 1. The number of aromatic nitrogens is 3. The lowest BCUT2D eigenvalue weighted by atomic mass is 9.99. The molecule has 2 fully saturated rings. The summed E-state index contributed by atoms with van der Waals surface area (Å²) in [4.78, 5) is 23.9. The molecule has 2 saturated heterocycles. The number of piperidine rings is 1. The van der Waals surface area contributed by atoms with Crippen LogP contribution in [0, 0.1) is 23.1 Å². The molecule has 0 aliphatic carbocycles. The molecule has 2 N–H and O–H groups in total. The van der Waals surface area contributed by atoms with E-state index in [0.29, 0.717) is 42.6 Å². The van der Waals surface area contributed by atoms with Gasteiger partial charge in [0.15, 0.2) is 11.2 Å². The van der Waals surface area contributed by atoms with Crippen molar-refractivity contribution in [3.05, 3.63) is 52.2 Å². The molecular weight excluding hydrogens is 487 g/mol. The Morgan fingerprint density at radius 2 is 2.16 bits per heavy atom. The fourth-order valence-electron chi connectivity index (χ4n) is 5.50. The molecule has 0 amide bonds. The van der Waals surface area contributed by atoms with Gasteiger partial charge in [0.2, 0.25) is 5.95 Å². The van der Waals surface area contributed by atoms with Gasteiger partial charge in [-0.05, 0) is 51.8 Å². The van der Waals surface area contributed by atoms with Gasteiger partial charge in [0, 0.05) is 48.4 Å². The van der Waals surface area contributed by atoms with Crippen LogP contribution in [-0.4, -0.2) is 63.0 Å². The Kier molecular flexibility index (Phi) is 7.70. The zero-order valence-electron chi connectivity index (χ0n) is 21.7. The molecule has 4 heterocycles. The van der Waals surface area contributed by atoms with Crippen LogP contribution in [0.2, 0.25) is 0 Å². The molecule has 0 saturated carbocycles. The number of nitrogens with zero attached hydrogens (tertiary/aromatic N) is 5. The minimum Gasteiger partial charge on any atom is -0.389 e. The quantitative estimate of drug-likeness (QED) is 0.508. The number of anilines is 1. The number of nitriles is 1. The predicted molar refractivity (Wildman–Crippen MR) is 142 cm³/mol. The average Bonchev–Trinajstić information content (AvgIpc) is 2.90. The molecule has 3 aromatic rings. The van der Waals surface area contributed by atoms with Crippen molar-refractivity contribution in [3.63, 3.8) is 0 Å². The van der Waals surface area contributed by atoms with Crippen LogP contribution in [0.1, 0.15) is 44.8 Å². The zero-order chi connectivity index (χ0) is 26.8. The summed E-state index contributed by atoms with van der Waals surface area (Å²) in [5.74, 6) is -0.353. The summed E-state index contributed by atoms with van der Waals surface area (Å²) in [5, 5.41) is 23.3. The number of halogens is 1. The van der Waals surface area contributed by atoms with E-state index in [1.54, 1.807) is 18.2 Å². The van der Waals surface area contributed by atoms with Crippen LogP contribution < -0.4 is 10.7 Å². The Bertz CT molecular complexity index is 1420. The lowest BCUT2D eigenvalue weighted by Gasteiger charge is -2.31. The maximum absolute atomic E-state index is 15.0. The zero-order valence-corrected chi connectivity index (χ0v) is 21.7. The number of ether oxygens (including phenoxy) is 1. The highest BCUT2D eigenvalue weighted by molar-refractivity contribution is 5.84. The van der Waals surface area contributed by atoms with Crippen LogP contribution in [0.3, 0.4) is 0 Å². The SMILES string of the molecule is CC(C)n1c(CN2CCC[C@@H](C#N)C2)cc(=O)c2ccc(-c3nc(N[C@@H]4CCOC[C@H]4O)ncc3F)cc21. The van der Waals surface area contributed by atoms with E-state index >= 15 is 0 Å². The van der Waals surface area contributed by atoms with Gasteiger partial charge in [0.1, 0.15) is 5.69 Å². The summed E-state index contributed by atoms with van der Waals surface area (Å²) in [6.45, 7) is 6.98. The van der Waals surface area contributed by atoms with E-state index in [-0.39, 0.29) is 41.7 Å². The van der Waals surface area contributed by atoms with E-state index in [1.807, 2.05) is 6.07 Å². The number of nitrogens with one attached hydrogen (secondary N) is 1. The van der Waals surface area contributed by atoms with Crippen molar-refractivity contribution in [2.75, 3.05) is 31.6 Å². The lowest BCUT2D eigenvalue weighted by molar-refractivity contribution is -0.0136. The molecule has 0 bridgehead atoms. The summed E-state index contributed by atoms with van der Waals surface area (Å²) in [5.41, 5.74) is 2.13. The largest absolute Gasteiger partial charge is 0.389 e. The molecule has 2 aliphatic heterocycles. The molecule has 0 unspecified atom stereocenters. The molecule has 200 valence electrons. The van der Waals surface area contributed by atoms with E-state index in [4.69, 9.17) is 4.74 Å². The number of likely N-dealkylation sites (tertiary alicyclic amines) is 1. The summed E-state index contributed by atoms with van der Waals surface area (Å²) >= 11 is 0.